The number of phenols is 1. The molecule has 0 bridgehead atoms. The van der Waals surface area contributed by atoms with E-state index in [4.69, 9.17) is 4.74 Å². The van der Waals surface area contributed by atoms with Crippen molar-refractivity contribution in [1.29, 1.82) is 0 Å². The van der Waals surface area contributed by atoms with Crippen LogP contribution in [0.2, 0.25) is 0 Å². The summed E-state index contributed by atoms with van der Waals surface area (Å²) in [6.07, 6.45) is -0.564. The number of aromatic nitrogens is 2. The molecule has 84 valence electrons. The van der Waals surface area contributed by atoms with Crippen LogP contribution in [0.1, 0.15) is 6.92 Å². The molecule has 0 aliphatic heterocycles. The molecule has 0 radical (unpaired) electrons. The molecule has 1 heterocycles. The van der Waals surface area contributed by atoms with E-state index < -0.39 is 6.09 Å². The number of anilines is 1. The maximum atomic E-state index is 11.1. The summed E-state index contributed by atoms with van der Waals surface area (Å²) in [5.41, 5.74) is 1.30. The second kappa shape index (κ2) is 4.09. The maximum Gasteiger partial charge on any atom is 0.413 e. The molecule has 1 aromatic heterocycles. The van der Waals surface area contributed by atoms with Gasteiger partial charge in [-0.2, -0.15) is 0 Å². The van der Waals surface area contributed by atoms with Crippen LogP contribution < -0.4 is 5.32 Å². The summed E-state index contributed by atoms with van der Waals surface area (Å²) in [6.45, 7) is 2.02. The number of aromatic hydroxyl groups is 1. The summed E-state index contributed by atoms with van der Waals surface area (Å²) in [5.74, 6) is 0.429. The molecule has 0 aliphatic rings. The third-order valence-electron chi connectivity index (χ3n) is 1.96. The first-order valence-corrected chi connectivity index (χ1v) is 4.81. The number of phenolic OH excluding ortho intramolecular Hbond substituents is 1. The fraction of sp³-hybridized carbons (Fsp3) is 0.200. The minimum Gasteiger partial charge on any atom is -0.508 e. The van der Waals surface area contributed by atoms with Gasteiger partial charge in [0.15, 0.2) is 0 Å². The number of carbonyl (C=O) groups excluding carboxylic acids is 1. The standard InChI is InChI=1S/C10H11N3O3/c1-2-16-10(15)13-9-11-7-4-3-6(14)5-8(7)12-9/h3-5,14H,2H2,1H3,(H2,11,12,13,15). The SMILES string of the molecule is CCOC(=O)Nc1nc2ccc(O)cc2[nH]1. The summed E-state index contributed by atoms with van der Waals surface area (Å²) in [5, 5.41) is 11.7. The van der Waals surface area contributed by atoms with Crippen LogP contribution in [0.25, 0.3) is 11.0 Å². The third kappa shape index (κ3) is 2.05. The Morgan fingerprint density at radius 1 is 1.62 bits per heavy atom. The minimum absolute atomic E-state index is 0.138. The molecule has 0 atom stereocenters. The Bertz CT molecular complexity index is 521. The lowest BCUT2D eigenvalue weighted by atomic mass is 10.3. The highest BCUT2D eigenvalue weighted by Crippen LogP contribution is 2.19. The van der Waals surface area contributed by atoms with Crippen molar-refractivity contribution in [1.82, 2.24) is 9.97 Å². The summed E-state index contributed by atoms with van der Waals surface area (Å²) in [7, 11) is 0. The number of fused-ring (bicyclic) bond motifs is 1. The zero-order valence-electron chi connectivity index (χ0n) is 8.65. The van der Waals surface area contributed by atoms with E-state index in [1.165, 1.54) is 12.1 Å². The summed E-state index contributed by atoms with van der Waals surface area (Å²) in [4.78, 5) is 18.1. The van der Waals surface area contributed by atoms with Crippen LogP contribution in [0.3, 0.4) is 0 Å². The predicted molar refractivity (Wildman–Crippen MR) is 58.4 cm³/mol. The normalized spacial score (nSPS) is 10.3. The van der Waals surface area contributed by atoms with E-state index in [0.29, 0.717) is 23.6 Å². The fourth-order valence-electron chi connectivity index (χ4n) is 1.32. The lowest BCUT2D eigenvalue weighted by Gasteiger charge is -2.00. The third-order valence-corrected chi connectivity index (χ3v) is 1.96. The van der Waals surface area contributed by atoms with Gasteiger partial charge in [0, 0.05) is 6.07 Å². The molecule has 0 fully saturated rings. The Morgan fingerprint density at radius 3 is 3.19 bits per heavy atom. The van der Waals surface area contributed by atoms with Crippen LogP contribution in [-0.2, 0) is 4.74 Å². The minimum atomic E-state index is -0.564. The summed E-state index contributed by atoms with van der Waals surface area (Å²) < 4.78 is 4.71. The van der Waals surface area contributed by atoms with E-state index in [1.54, 1.807) is 13.0 Å². The van der Waals surface area contributed by atoms with Crippen molar-refractivity contribution in [3.8, 4) is 5.75 Å². The molecule has 2 rings (SSSR count). The molecule has 2 aromatic rings. The van der Waals surface area contributed by atoms with Crippen molar-refractivity contribution in [3.05, 3.63) is 18.2 Å². The Balaban J connectivity index is 2.23. The number of imidazole rings is 1. The van der Waals surface area contributed by atoms with Gasteiger partial charge in [-0.15, -0.1) is 0 Å². The predicted octanol–water partition coefficient (Wildman–Crippen LogP) is 1.84. The van der Waals surface area contributed by atoms with E-state index in [-0.39, 0.29) is 5.75 Å². The number of hydrogen-bond donors (Lipinski definition) is 3. The number of benzene rings is 1. The van der Waals surface area contributed by atoms with E-state index >= 15 is 0 Å². The van der Waals surface area contributed by atoms with Crippen LogP contribution in [0.15, 0.2) is 18.2 Å². The Kier molecular flexibility index (Phi) is 2.63. The van der Waals surface area contributed by atoms with Crippen LogP contribution in [0.4, 0.5) is 10.7 Å². The molecule has 0 unspecified atom stereocenters. The number of nitrogens with one attached hydrogen (secondary N) is 2. The molecule has 6 nitrogen and oxygen atoms in total. The van der Waals surface area contributed by atoms with Crippen LogP contribution in [-0.4, -0.2) is 27.8 Å². The van der Waals surface area contributed by atoms with E-state index in [1.807, 2.05) is 0 Å². The number of ether oxygens (including phenoxy) is 1. The number of carbonyl (C=O) groups is 1. The first-order valence-electron chi connectivity index (χ1n) is 4.81. The number of rotatable bonds is 2. The first-order chi connectivity index (χ1) is 7.69. The van der Waals surface area contributed by atoms with Gasteiger partial charge in [0.05, 0.1) is 17.6 Å². The number of aromatic amines is 1. The van der Waals surface area contributed by atoms with Crippen molar-refractivity contribution in [3.63, 3.8) is 0 Å². The molecule has 6 heteroatoms. The first kappa shape index (κ1) is 10.3. The number of amides is 1. The van der Waals surface area contributed by atoms with Gasteiger partial charge in [-0.05, 0) is 19.1 Å². The summed E-state index contributed by atoms with van der Waals surface area (Å²) in [6, 6.07) is 4.70. The highest BCUT2D eigenvalue weighted by Gasteiger charge is 2.07. The van der Waals surface area contributed by atoms with Gasteiger partial charge in [-0.1, -0.05) is 0 Å². The molecule has 1 amide bonds. The van der Waals surface area contributed by atoms with Crippen LogP contribution in [0, 0.1) is 0 Å². The van der Waals surface area contributed by atoms with Gasteiger partial charge in [0.25, 0.3) is 0 Å². The van der Waals surface area contributed by atoms with Gasteiger partial charge in [-0.3, -0.25) is 5.32 Å². The number of H-pyrrole nitrogens is 1. The largest absolute Gasteiger partial charge is 0.508 e. The van der Waals surface area contributed by atoms with E-state index in [9.17, 15) is 9.90 Å². The highest BCUT2D eigenvalue weighted by atomic mass is 16.5. The molecule has 16 heavy (non-hydrogen) atoms. The zero-order valence-corrected chi connectivity index (χ0v) is 8.65. The van der Waals surface area contributed by atoms with Crippen molar-refractivity contribution in [2.45, 2.75) is 6.92 Å². The molecule has 1 aromatic carbocycles. The Morgan fingerprint density at radius 2 is 2.44 bits per heavy atom. The number of hydrogen-bond acceptors (Lipinski definition) is 4. The molecule has 0 aliphatic carbocycles. The van der Waals surface area contributed by atoms with Crippen molar-refractivity contribution < 1.29 is 14.6 Å². The maximum absolute atomic E-state index is 11.1. The number of nitrogens with zero attached hydrogens (tertiary/aromatic N) is 1. The Labute approximate surface area is 91.3 Å². The Hall–Kier alpha value is -2.24. The highest BCUT2D eigenvalue weighted by molar-refractivity contribution is 5.86. The lowest BCUT2D eigenvalue weighted by molar-refractivity contribution is 0.167. The van der Waals surface area contributed by atoms with Gasteiger partial charge < -0.3 is 14.8 Å². The molecule has 0 saturated heterocycles. The fourth-order valence-corrected chi connectivity index (χ4v) is 1.32. The van der Waals surface area contributed by atoms with Gasteiger partial charge >= 0.3 is 6.09 Å². The van der Waals surface area contributed by atoms with Crippen LogP contribution in [0.5, 0.6) is 5.75 Å². The monoisotopic (exact) mass is 221 g/mol. The zero-order chi connectivity index (χ0) is 11.5. The van der Waals surface area contributed by atoms with Crippen molar-refractivity contribution >= 4 is 23.1 Å². The van der Waals surface area contributed by atoms with Crippen LogP contribution >= 0.6 is 0 Å². The molecule has 0 saturated carbocycles. The van der Waals surface area contributed by atoms with Gasteiger partial charge in [0.2, 0.25) is 5.95 Å². The molecular weight excluding hydrogens is 210 g/mol. The molecule has 0 spiro atoms. The molecular formula is C10H11N3O3. The molecule has 3 N–H and O–H groups in total. The summed E-state index contributed by atoms with van der Waals surface area (Å²) >= 11 is 0. The van der Waals surface area contributed by atoms with Crippen molar-refractivity contribution in [2.75, 3.05) is 11.9 Å². The van der Waals surface area contributed by atoms with E-state index in [2.05, 4.69) is 15.3 Å². The topological polar surface area (TPSA) is 87.2 Å². The van der Waals surface area contributed by atoms with Gasteiger partial charge in [-0.25, -0.2) is 9.78 Å². The second-order valence-electron chi connectivity index (χ2n) is 3.13. The van der Waals surface area contributed by atoms with E-state index in [0.717, 1.165) is 0 Å². The smallest absolute Gasteiger partial charge is 0.413 e. The average molecular weight is 221 g/mol. The lowest BCUT2D eigenvalue weighted by Crippen LogP contribution is -2.14. The second-order valence-corrected chi connectivity index (χ2v) is 3.13. The van der Waals surface area contributed by atoms with Gasteiger partial charge in [0.1, 0.15) is 5.75 Å². The average Bonchev–Trinajstić information content (AvgIpc) is 2.59. The van der Waals surface area contributed by atoms with Crippen molar-refractivity contribution in [2.24, 2.45) is 0 Å². The quantitative estimate of drug-likeness (QED) is 0.722.